The van der Waals surface area contributed by atoms with Gasteiger partial charge in [-0.25, -0.2) is 0 Å². The molecule has 5 heteroatoms. The van der Waals surface area contributed by atoms with Crippen LogP contribution in [0.1, 0.15) is 5.56 Å². The van der Waals surface area contributed by atoms with E-state index in [1.807, 2.05) is 48.5 Å². The molecule has 1 nitrogen and oxygen atoms in total. The third-order valence-corrected chi connectivity index (χ3v) is 6.10. The Bertz CT molecular complexity index is 1370. The summed E-state index contributed by atoms with van der Waals surface area (Å²) in [5.41, 5.74) is 0.178. The SMILES string of the molecule is Oc1ccc(-c2c3ccccc3cc3sc4ccccc4c23)cc1C(F)(F)F. The zero-order valence-electron chi connectivity index (χ0n) is 14.4. The van der Waals surface area contributed by atoms with E-state index >= 15 is 0 Å². The third-order valence-electron chi connectivity index (χ3n) is 4.98. The van der Waals surface area contributed by atoms with Crippen LogP contribution in [0.5, 0.6) is 5.75 Å². The van der Waals surface area contributed by atoms with Gasteiger partial charge in [0.25, 0.3) is 0 Å². The van der Waals surface area contributed by atoms with Crippen LogP contribution in [0.2, 0.25) is 0 Å². The molecule has 0 spiro atoms. The number of phenols is 1. The van der Waals surface area contributed by atoms with Crippen LogP contribution in [0.3, 0.4) is 0 Å². The maximum Gasteiger partial charge on any atom is 0.419 e. The minimum atomic E-state index is -4.62. The van der Waals surface area contributed by atoms with Crippen molar-refractivity contribution in [2.45, 2.75) is 6.18 Å². The molecule has 1 N–H and O–H groups in total. The Hall–Kier alpha value is -3.05. The van der Waals surface area contributed by atoms with Crippen LogP contribution in [-0.2, 0) is 6.18 Å². The van der Waals surface area contributed by atoms with Gasteiger partial charge in [-0.3, -0.25) is 0 Å². The molecular formula is C23H13F3OS. The molecule has 0 bridgehead atoms. The molecule has 1 heterocycles. The van der Waals surface area contributed by atoms with Crippen molar-refractivity contribution < 1.29 is 18.3 Å². The van der Waals surface area contributed by atoms with E-state index in [4.69, 9.17) is 0 Å². The molecule has 28 heavy (non-hydrogen) atoms. The van der Waals surface area contributed by atoms with Crippen molar-refractivity contribution in [2.24, 2.45) is 0 Å². The fourth-order valence-electron chi connectivity index (χ4n) is 3.77. The second-order valence-electron chi connectivity index (χ2n) is 6.67. The second kappa shape index (κ2) is 5.97. The molecule has 5 rings (SSSR count). The molecule has 1 aromatic heterocycles. The van der Waals surface area contributed by atoms with Gasteiger partial charge in [-0.05, 0) is 46.2 Å². The molecular weight excluding hydrogens is 381 g/mol. The summed E-state index contributed by atoms with van der Waals surface area (Å²) in [6.07, 6.45) is -4.62. The molecule has 5 aromatic rings. The van der Waals surface area contributed by atoms with Gasteiger partial charge in [-0.15, -0.1) is 11.3 Å². The number of rotatable bonds is 1. The summed E-state index contributed by atoms with van der Waals surface area (Å²) in [6, 6.07) is 21.4. The zero-order valence-corrected chi connectivity index (χ0v) is 15.2. The zero-order chi connectivity index (χ0) is 19.5. The average molecular weight is 394 g/mol. The van der Waals surface area contributed by atoms with E-state index < -0.39 is 17.5 Å². The number of benzene rings is 4. The highest BCUT2D eigenvalue weighted by Gasteiger charge is 2.34. The fraction of sp³-hybridized carbons (Fsp3) is 0.0435. The normalized spacial score (nSPS) is 12.2. The Morgan fingerprint density at radius 1 is 0.750 bits per heavy atom. The number of hydrogen-bond donors (Lipinski definition) is 1. The minimum Gasteiger partial charge on any atom is -0.507 e. The van der Waals surface area contributed by atoms with E-state index in [0.29, 0.717) is 5.56 Å². The van der Waals surface area contributed by atoms with Gasteiger partial charge in [0.1, 0.15) is 5.75 Å². The van der Waals surface area contributed by atoms with Gasteiger partial charge >= 0.3 is 6.18 Å². The third kappa shape index (κ3) is 2.54. The summed E-state index contributed by atoms with van der Waals surface area (Å²) in [4.78, 5) is 0. The topological polar surface area (TPSA) is 20.2 Å². The van der Waals surface area contributed by atoms with Gasteiger partial charge in [0.05, 0.1) is 5.56 Å². The Labute approximate surface area is 162 Å². The molecule has 0 saturated heterocycles. The standard InChI is InChI=1S/C23H13F3OS/c24-23(25,26)17-11-14(9-10-18(17)27)21-15-6-2-1-5-13(15)12-20-22(21)16-7-3-4-8-19(16)28-20/h1-12,27H. The van der Waals surface area contributed by atoms with Gasteiger partial charge in [0, 0.05) is 20.2 Å². The molecule has 138 valence electrons. The summed E-state index contributed by atoms with van der Waals surface area (Å²) in [5, 5.41) is 13.6. The fourth-order valence-corrected chi connectivity index (χ4v) is 4.93. The number of fused-ring (bicyclic) bond motifs is 4. The van der Waals surface area contributed by atoms with Crippen LogP contribution < -0.4 is 0 Å². The number of halogens is 3. The molecule has 0 amide bonds. The lowest BCUT2D eigenvalue weighted by atomic mass is 9.92. The summed E-state index contributed by atoms with van der Waals surface area (Å²) < 4.78 is 42.3. The summed E-state index contributed by atoms with van der Waals surface area (Å²) in [6.45, 7) is 0. The molecule has 0 fully saturated rings. The predicted octanol–water partition coefficient (Wildman–Crippen LogP) is 7.60. The number of thiophene rings is 1. The van der Waals surface area contributed by atoms with E-state index in [9.17, 15) is 18.3 Å². The first-order valence-electron chi connectivity index (χ1n) is 8.67. The molecule has 0 saturated carbocycles. The van der Waals surface area contributed by atoms with Crippen molar-refractivity contribution >= 4 is 42.3 Å². The van der Waals surface area contributed by atoms with Crippen LogP contribution in [0, 0.1) is 0 Å². The number of hydrogen-bond acceptors (Lipinski definition) is 2. The largest absolute Gasteiger partial charge is 0.507 e. The highest BCUT2D eigenvalue weighted by molar-refractivity contribution is 7.26. The molecule has 0 aliphatic heterocycles. The smallest absolute Gasteiger partial charge is 0.419 e. The molecule has 0 unspecified atom stereocenters. The van der Waals surface area contributed by atoms with Crippen molar-refractivity contribution in [3.63, 3.8) is 0 Å². The molecule has 0 aliphatic carbocycles. The maximum atomic E-state index is 13.4. The van der Waals surface area contributed by atoms with Crippen molar-refractivity contribution in [2.75, 3.05) is 0 Å². The minimum absolute atomic E-state index is 0.440. The van der Waals surface area contributed by atoms with Gasteiger partial charge in [0.15, 0.2) is 0 Å². The average Bonchev–Trinajstić information content (AvgIpc) is 3.04. The van der Waals surface area contributed by atoms with Gasteiger partial charge in [-0.2, -0.15) is 13.2 Å². The molecule has 0 aliphatic rings. The Morgan fingerprint density at radius 2 is 1.46 bits per heavy atom. The van der Waals surface area contributed by atoms with Crippen molar-refractivity contribution in [3.05, 3.63) is 78.4 Å². The second-order valence-corrected chi connectivity index (χ2v) is 7.76. The summed E-state index contributed by atoms with van der Waals surface area (Å²) >= 11 is 1.63. The quantitative estimate of drug-likeness (QED) is 0.310. The van der Waals surface area contributed by atoms with Crippen LogP contribution in [0.15, 0.2) is 72.8 Å². The lowest BCUT2D eigenvalue weighted by Crippen LogP contribution is -2.05. The molecule has 4 aromatic carbocycles. The van der Waals surface area contributed by atoms with E-state index in [1.54, 1.807) is 17.4 Å². The van der Waals surface area contributed by atoms with Gasteiger partial charge in [0.2, 0.25) is 0 Å². The first-order valence-corrected chi connectivity index (χ1v) is 9.49. The Kier molecular flexibility index (Phi) is 3.64. The van der Waals surface area contributed by atoms with Crippen molar-refractivity contribution in [1.29, 1.82) is 0 Å². The van der Waals surface area contributed by atoms with Gasteiger partial charge in [-0.1, -0.05) is 48.5 Å². The monoisotopic (exact) mass is 394 g/mol. The molecule has 0 radical (unpaired) electrons. The lowest BCUT2D eigenvalue weighted by Gasteiger charge is -2.14. The van der Waals surface area contributed by atoms with Crippen molar-refractivity contribution in [3.8, 4) is 16.9 Å². The van der Waals surface area contributed by atoms with Crippen LogP contribution in [0.25, 0.3) is 42.1 Å². The van der Waals surface area contributed by atoms with E-state index in [0.717, 1.165) is 48.6 Å². The van der Waals surface area contributed by atoms with Gasteiger partial charge < -0.3 is 5.11 Å². The highest BCUT2D eigenvalue weighted by atomic mass is 32.1. The Morgan fingerprint density at radius 3 is 2.25 bits per heavy atom. The summed E-state index contributed by atoms with van der Waals surface area (Å²) in [5.74, 6) is -0.761. The van der Waals surface area contributed by atoms with E-state index in [2.05, 4.69) is 6.07 Å². The van der Waals surface area contributed by atoms with Crippen LogP contribution >= 0.6 is 11.3 Å². The van der Waals surface area contributed by atoms with Crippen molar-refractivity contribution in [1.82, 2.24) is 0 Å². The first-order chi connectivity index (χ1) is 13.4. The highest BCUT2D eigenvalue weighted by Crippen LogP contribution is 2.46. The number of aromatic hydroxyl groups is 1. The molecule has 0 atom stereocenters. The van der Waals surface area contributed by atoms with Crippen LogP contribution in [0.4, 0.5) is 13.2 Å². The summed E-state index contributed by atoms with van der Waals surface area (Å²) in [7, 11) is 0. The van der Waals surface area contributed by atoms with E-state index in [1.165, 1.54) is 0 Å². The maximum absolute atomic E-state index is 13.4. The predicted molar refractivity (Wildman–Crippen MR) is 109 cm³/mol. The first kappa shape index (κ1) is 17.1. The number of alkyl halides is 3. The van der Waals surface area contributed by atoms with Crippen LogP contribution in [-0.4, -0.2) is 5.11 Å². The number of phenolic OH excluding ortho intramolecular Hbond substituents is 1. The Balaban J connectivity index is 1.97. The lowest BCUT2D eigenvalue weighted by molar-refractivity contribution is -0.138. The van der Waals surface area contributed by atoms with E-state index in [-0.39, 0.29) is 0 Å².